The second-order valence-corrected chi connectivity index (χ2v) is 8.77. The van der Waals surface area contributed by atoms with Crippen molar-refractivity contribution in [2.24, 2.45) is 5.92 Å². The maximum atomic E-state index is 12.9. The second kappa shape index (κ2) is 9.59. The Hall–Kier alpha value is -2.54. The lowest BCUT2D eigenvalue weighted by Gasteiger charge is -2.25. The van der Waals surface area contributed by atoms with E-state index in [2.05, 4.69) is 12.2 Å². The van der Waals surface area contributed by atoms with Crippen LogP contribution in [0.3, 0.4) is 0 Å². The number of urea groups is 1. The van der Waals surface area contributed by atoms with Crippen molar-refractivity contribution < 1.29 is 17.4 Å². The van der Waals surface area contributed by atoms with Crippen LogP contribution in [0.4, 0.5) is 10.5 Å². The van der Waals surface area contributed by atoms with Crippen LogP contribution in [0, 0.1) is 5.92 Å². The normalized spacial score (nSPS) is 11.3. The van der Waals surface area contributed by atoms with Gasteiger partial charge in [-0.15, -0.1) is 0 Å². The number of nitrogens with one attached hydrogen (secondary N) is 1. The number of hydrogen-bond acceptors (Lipinski definition) is 4. The van der Waals surface area contributed by atoms with E-state index in [0.29, 0.717) is 13.1 Å². The topological polar surface area (TPSA) is 75.7 Å². The number of carbonyl (C=O) groups is 1. The van der Waals surface area contributed by atoms with E-state index < -0.39 is 10.1 Å². The summed E-state index contributed by atoms with van der Waals surface area (Å²) in [5.74, 6) is 0.517. The molecule has 1 N–H and O–H groups in total. The van der Waals surface area contributed by atoms with Crippen molar-refractivity contribution in [1.29, 1.82) is 0 Å². The zero-order chi connectivity index (χ0) is 20.7. The highest BCUT2D eigenvalue weighted by Gasteiger charge is 2.16. The van der Waals surface area contributed by atoms with E-state index in [9.17, 15) is 13.2 Å². The van der Waals surface area contributed by atoms with Crippen LogP contribution < -0.4 is 9.50 Å². The van der Waals surface area contributed by atoms with Crippen molar-refractivity contribution in [2.75, 3.05) is 18.1 Å². The van der Waals surface area contributed by atoms with Crippen LogP contribution in [-0.2, 0) is 23.1 Å². The van der Waals surface area contributed by atoms with Gasteiger partial charge in [0, 0.05) is 18.8 Å². The van der Waals surface area contributed by atoms with Gasteiger partial charge in [0.15, 0.2) is 0 Å². The molecule has 0 aliphatic rings. The first kappa shape index (κ1) is 21.8. The summed E-state index contributed by atoms with van der Waals surface area (Å²) < 4.78 is 27.6. The lowest BCUT2D eigenvalue weighted by Crippen LogP contribution is -2.37. The Balaban J connectivity index is 2.16. The summed E-state index contributed by atoms with van der Waals surface area (Å²) in [5.41, 5.74) is 2.70. The standard InChI is InChI=1S/C21H28N2O4S/c1-5-17-8-6-10-19(12-17)22-21(24)23(14-16(2)3)15-18-9-7-11-20(13-18)27-28(4,25)26/h6-13,16H,5,14-15H2,1-4H3,(H,22,24). The molecule has 2 aromatic carbocycles. The minimum atomic E-state index is -3.60. The van der Waals surface area contributed by atoms with Crippen LogP contribution in [-0.4, -0.2) is 32.1 Å². The lowest BCUT2D eigenvalue weighted by atomic mass is 10.1. The average molecular weight is 405 g/mol. The van der Waals surface area contributed by atoms with Crippen molar-refractivity contribution in [3.05, 3.63) is 59.7 Å². The number of amides is 2. The first-order valence-corrected chi connectivity index (χ1v) is 11.1. The third-order valence-corrected chi connectivity index (χ3v) is 4.47. The zero-order valence-electron chi connectivity index (χ0n) is 16.8. The van der Waals surface area contributed by atoms with E-state index in [1.165, 1.54) is 0 Å². The highest BCUT2D eigenvalue weighted by atomic mass is 32.2. The second-order valence-electron chi connectivity index (χ2n) is 7.19. The van der Waals surface area contributed by atoms with Crippen molar-refractivity contribution in [3.63, 3.8) is 0 Å². The molecule has 0 saturated heterocycles. The number of carbonyl (C=O) groups excluding carboxylic acids is 1. The molecule has 0 fully saturated rings. The fraction of sp³-hybridized carbons (Fsp3) is 0.381. The highest BCUT2D eigenvalue weighted by molar-refractivity contribution is 7.86. The molecule has 0 aliphatic heterocycles. The molecule has 28 heavy (non-hydrogen) atoms. The van der Waals surface area contributed by atoms with E-state index in [4.69, 9.17) is 4.18 Å². The molecule has 0 bridgehead atoms. The number of aryl methyl sites for hydroxylation is 1. The van der Waals surface area contributed by atoms with Gasteiger partial charge in [0.2, 0.25) is 0 Å². The van der Waals surface area contributed by atoms with Gasteiger partial charge in [-0.1, -0.05) is 45.0 Å². The van der Waals surface area contributed by atoms with Crippen LogP contribution in [0.5, 0.6) is 5.75 Å². The van der Waals surface area contributed by atoms with E-state index in [-0.39, 0.29) is 17.7 Å². The SMILES string of the molecule is CCc1cccc(NC(=O)N(Cc2cccc(OS(C)(=O)=O)c2)CC(C)C)c1. The summed E-state index contributed by atoms with van der Waals surface area (Å²) in [4.78, 5) is 14.6. The molecule has 0 saturated carbocycles. The third-order valence-electron chi connectivity index (χ3n) is 3.98. The van der Waals surface area contributed by atoms with Crippen molar-refractivity contribution >= 4 is 21.8 Å². The monoisotopic (exact) mass is 404 g/mol. The molecule has 6 nitrogen and oxygen atoms in total. The molecule has 2 amide bonds. The minimum Gasteiger partial charge on any atom is -0.383 e. The summed E-state index contributed by atoms with van der Waals surface area (Å²) in [7, 11) is -3.60. The Morgan fingerprint density at radius 1 is 1.11 bits per heavy atom. The van der Waals surface area contributed by atoms with Crippen LogP contribution in [0.15, 0.2) is 48.5 Å². The van der Waals surface area contributed by atoms with Crippen molar-refractivity contribution in [3.8, 4) is 5.75 Å². The number of benzene rings is 2. The quantitative estimate of drug-likeness (QED) is 0.667. The highest BCUT2D eigenvalue weighted by Crippen LogP contribution is 2.18. The predicted molar refractivity (Wildman–Crippen MR) is 112 cm³/mol. The van der Waals surface area contributed by atoms with Gasteiger partial charge in [-0.3, -0.25) is 0 Å². The van der Waals surface area contributed by atoms with Gasteiger partial charge < -0.3 is 14.4 Å². The summed E-state index contributed by atoms with van der Waals surface area (Å²) in [6.07, 6.45) is 1.90. The van der Waals surface area contributed by atoms with Crippen molar-refractivity contribution in [1.82, 2.24) is 4.90 Å². The summed E-state index contributed by atoms with van der Waals surface area (Å²) in [6, 6.07) is 14.3. The molecule has 0 spiro atoms. The molecule has 152 valence electrons. The van der Waals surface area contributed by atoms with Gasteiger partial charge in [0.1, 0.15) is 5.75 Å². The molecular weight excluding hydrogens is 376 g/mol. The Morgan fingerprint density at radius 2 is 1.79 bits per heavy atom. The largest absolute Gasteiger partial charge is 0.383 e. The fourth-order valence-corrected chi connectivity index (χ4v) is 3.28. The van der Waals surface area contributed by atoms with Crippen LogP contribution >= 0.6 is 0 Å². The van der Waals surface area contributed by atoms with Crippen LogP contribution in [0.1, 0.15) is 31.9 Å². The van der Waals surface area contributed by atoms with Gasteiger partial charge in [0.25, 0.3) is 0 Å². The summed E-state index contributed by atoms with van der Waals surface area (Å²) >= 11 is 0. The Bertz CT molecular complexity index is 910. The molecule has 0 radical (unpaired) electrons. The van der Waals surface area contributed by atoms with E-state index in [0.717, 1.165) is 29.5 Å². The number of anilines is 1. The fourth-order valence-electron chi connectivity index (χ4n) is 2.82. The Morgan fingerprint density at radius 3 is 2.43 bits per heavy atom. The first-order chi connectivity index (χ1) is 13.2. The third kappa shape index (κ3) is 7.23. The molecule has 0 aliphatic carbocycles. The van der Waals surface area contributed by atoms with Gasteiger partial charge in [-0.25, -0.2) is 4.79 Å². The van der Waals surface area contributed by atoms with Gasteiger partial charge >= 0.3 is 16.1 Å². The van der Waals surface area contributed by atoms with Crippen LogP contribution in [0.25, 0.3) is 0 Å². The van der Waals surface area contributed by atoms with E-state index >= 15 is 0 Å². The van der Waals surface area contributed by atoms with E-state index in [1.807, 2.05) is 44.2 Å². The molecule has 0 unspecified atom stereocenters. The molecule has 0 atom stereocenters. The van der Waals surface area contributed by atoms with Gasteiger partial charge in [-0.05, 0) is 47.7 Å². The summed E-state index contributed by atoms with van der Waals surface area (Å²) in [5, 5.41) is 2.96. The minimum absolute atomic E-state index is 0.198. The number of nitrogens with zero attached hydrogens (tertiary/aromatic N) is 1. The molecule has 2 rings (SSSR count). The zero-order valence-corrected chi connectivity index (χ0v) is 17.6. The molecule has 7 heteroatoms. The lowest BCUT2D eigenvalue weighted by molar-refractivity contribution is 0.201. The predicted octanol–water partition coefficient (Wildman–Crippen LogP) is 4.28. The van der Waals surface area contributed by atoms with Crippen LogP contribution in [0.2, 0.25) is 0 Å². The molecule has 2 aromatic rings. The smallest absolute Gasteiger partial charge is 0.322 e. The molecule has 0 aromatic heterocycles. The Labute approximate surface area is 167 Å². The number of hydrogen-bond donors (Lipinski definition) is 1. The summed E-state index contributed by atoms with van der Waals surface area (Å²) in [6.45, 7) is 7.06. The van der Waals surface area contributed by atoms with E-state index in [1.54, 1.807) is 23.1 Å². The molecule has 0 heterocycles. The Kier molecular flexibility index (Phi) is 7.45. The van der Waals surface area contributed by atoms with Gasteiger partial charge in [-0.2, -0.15) is 8.42 Å². The maximum Gasteiger partial charge on any atom is 0.322 e. The maximum absolute atomic E-state index is 12.9. The first-order valence-electron chi connectivity index (χ1n) is 9.29. The average Bonchev–Trinajstić information content (AvgIpc) is 2.59. The number of rotatable bonds is 8. The van der Waals surface area contributed by atoms with Crippen molar-refractivity contribution in [2.45, 2.75) is 33.7 Å². The molecular formula is C21H28N2O4S. The van der Waals surface area contributed by atoms with Gasteiger partial charge in [0.05, 0.1) is 6.26 Å².